The summed E-state index contributed by atoms with van der Waals surface area (Å²) in [5.41, 5.74) is -0.844. The third kappa shape index (κ3) is 4.04. The highest BCUT2D eigenvalue weighted by atomic mass is 19.4. The van der Waals surface area contributed by atoms with Crippen molar-refractivity contribution in [2.75, 3.05) is 6.54 Å². The molecule has 0 aromatic rings. The van der Waals surface area contributed by atoms with Crippen molar-refractivity contribution in [2.45, 2.75) is 57.5 Å². The molecule has 1 aliphatic heterocycles. The average molecular weight is 269 g/mol. The summed E-state index contributed by atoms with van der Waals surface area (Å²) in [6.45, 7) is 4.62. The Morgan fingerprint density at radius 1 is 1.33 bits per heavy atom. The minimum atomic E-state index is -4.56. The number of carbonyl (C=O) groups is 1. The minimum Gasteiger partial charge on any atom is -0.444 e. The molecule has 0 unspecified atom stereocenters. The van der Waals surface area contributed by atoms with Crippen LogP contribution < -0.4 is 0 Å². The molecule has 1 fully saturated rings. The Kier molecular flexibility index (Phi) is 4.15. The molecule has 1 N–H and O–H groups in total. The van der Waals surface area contributed by atoms with E-state index in [0.717, 1.165) is 0 Å². The van der Waals surface area contributed by atoms with Crippen LogP contribution in [-0.4, -0.2) is 46.6 Å². The maximum Gasteiger partial charge on any atom is 0.410 e. The maximum absolute atomic E-state index is 12.8. The number of ether oxygens (including phenoxy) is 1. The van der Waals surface area contributed by atoms with E-state index in [1.165, 1.54) is 0 Å². The third-order valence-corrected chi connectivity index (χ3v) is 2.58. The molecular weight excluding hydrogens is 251 g/mol. The number of alkyl halides is 3. The average Bonchev–Trinajstić information content (AvgIpc) is 2.13. The van der Waals surface area contributed by atoms with Gasteiger partial charge in [-0.1, -0.05) is 0 Å². The third-order valence-electron chi connectivity index (χ3n) is 2.58. The molecule has 2 atom stereocenters. The molecular formula is C11H18F3NO3. The van der Waals surface area contributed by atoms with Gasteiger partial charge in [0, 0.05) is 13.0 Å². The number of hydrogen-bond acceptors (Lipinski definition) is 3. The maximum atomic E-state index is 12.8. The summed E-state index contributed by atoms with van der Waals surface area (Å²) in [6, 6.07) is -1.98. The fourth-order valence-electron chi connectivity index (χ4n) is 1.80. The SMILES string of the molecule is CC(C)(C)OC(=O)N1CC[C@@H](O)C[C@H]1C(F)(F)F. The van der Waals surface area contributed by atoms with Crippen molar-refractivity contribution in [3.8, 4) is 0 Å². The van der Waals surface area contributed by atoms with Crippen LogP contribution in [0.4, 0.5) is 18.0 Å². The molecule has 1 amide bonds. The van der Waals surface area contributed by atoms with E-state index >= 15 is 0 Å². The predicted octanol–water partition coefficient (Wildman–Crippen LogP) is 2.31. The van der Waals surface area contributed by atoms with Crippen LogP contribution in [0.1, 0.15) is 33.6 Å². The van der Waals surface area contributed by atoms with Gasteiger partial charge in [0.25, 0.3) is 0 Å². The fraction of sp³-hybridized carbons (Fsp3) is 0.909. The second-order valence-corrected chi connectivity index (χ2v) is 5.41. The summed E-state index contributed by atoms with van der Waals surface area (Å²) < 4.78 is 43.3. The normalized spacial score (nSPS) is 26.1. The van der Waals surface area contributed by atoms with Gasteiger partial charge in [-0.3, -0.25) is 4.90 Å². The quantitative estimate of drug-likeness (QED) is 0.734. The summed E-state index contributed by atoms with van der Waals surface area (Å²) in [7, 11) is 0. The molecule has 0 saturated carbocycles. The van der Waals surface area contributed by atoms with E-state index in [-0.39, 0.29) is 13.0 Å². The van der Waals surface area contributed by atoms with E-state index in [1.54, 1.807) is 20.8 Å². The van der Waals surface area contributed by atoms with Gasteiger partial charge < -0.3 is 9.84 Å². The first-order valence-electron chi connectivity index (χ1n) is 5.75. The van der Waals surface area contributed by atoms with E-state index in [9.17, 15) is 23.1 Å². The van der Waals surface area contributed by atoms with Crippen LogP contribution in [0.3, 0.4) is 0 Å². The Morgan fingerprint density at radius 2 is 1.89 bits per heavy atom. The Balaban J connectivity index is 2.81. The molecule has 0 aliphatic carbocycles. The predicted molar refractivity (Wildman–Crippen MR) is 58.0 cm³/mol. The van der Waals surface area contributed by atoms with Gasteiger partial charge in [0.1, 0.15) is 11.6 Å². The highest BCUT2D eigenvalue weighted by Crippen LogP contribution is 2.32. The van der Waals surface area contributed by atoms with Gasteiger partial charge in [0.2, 0.25) is 0 Å². The number of halogens is 3. The lowest BCUT2D eigenvalue weighted by Gasteiger charge is -2.39. The van der Waals surface area contributed by atoms with Crippen molar-refractivity contribution < 1.29 is 27.8 Å². The zero-order valence-electron chi connectivity index (χ0n) is 10.6. The molecule has 0 aromatic heterocycles. The fourth-order valence-corrected chi connectivity index (χ4v) is 1.80. The summed E-state index contributed by atoms with van der Waals surface area (Å²) in [5, 5.41) is 9.30. The van der Waals surface area contributed by atoms with Gasteiger partial charge in [0.15, 0.2) is 0 Å². The van der Waals surface area contributed by atoms with E-state index in [0.29, 0.717) is 4.90 Å². The first kappa shape index (κ1) is 15.1. The number of piperidine rings is 1. The molecule has 7 heteroatoms. The second-order valence-electron chi connectivity index (χ2n) is 5.41. The number of hydrogen-bond donors (Lipinski definition) is 1. The van der Waals surface area contributed by atoms with Gasteiger partial charge in [-0.25, -0.2) is 4.79 Å². The van der Waals surface area contributed by atoms with Crippen molar-refractivity contribution in [1.82, 2.24) is 4.90 Å². The first-order valence-corrected chi connectivity index (χ1v) is 5.75. The van der Waals surface area contributed by atoms with Crippen LogP contribution in [0.5, 0.6) is 0 Å². The number of aliphatic hydroxyl groups excluding tert-OH is 1. The highest BCUT2D eigenvalue weighted by molar-refractivity contribution is 5.68. The molecule has 0 spiro atoms. The topological polar surface area (TPSA) is 49.8 Å². The van der Waals surface area contributed by atoms with Crippen LogP contribution in [0.2, 0.25) is 0 Å². The van der Waals surface area contributed by atoms with E-state index in [1.807, 2.05) is 0 Å². The summed E-state index contributed by atoms with van der Waals surface area (Å²) in [4.78, 5) is 12.4. The van der Waals surface area contributed by atoms with Crippen LogP contribution in [0.15, 0.2) is 0 Å². The van der Waals surface area contributed by atoms with Crippen molar-refractivity contribution in [2.24, 2.45) is 0 Å². The van der Waals surface area contributed by atoms with E-state index in [2.05, 4.69) is 0 Å². The molecule has 0 radical (unpaired) electrons. The van der Waals surface area contributed by atoms with Gasteiger partial charge in [0.05, 0.1) is 6.10 Å². The zero-order valence-corrected chi connectivity index (χ0v) is 10.6. The molecule has 18 heavy (non-hydrogen) atoms. The Labute approximate surface area is 104 Å². The van der Waals surface area contributed by atoms with Gasteiger partial charge >= 0.3 is 12.3 Å². The van der Waals surface area contributed by atoms with Crippen LogP contribution in [-0.2, 0) is 4.74 Å². The molecule has 106 valence electrons. The minimum absolute atomic E-state index is 0.131. The number of rotatable bonds is 0. The number of aliphatic hydroxyl groups is 1. The number of likely N-dealkylation sites (tertiary alicyclic amines) is 1. The van der Waals surface area contributed by atoms with Gasteiger partial charge in [-0.2, -0.15) is 13.2 Å². The largest absolute Gasteiger partial charge is 0.444 e. The smallest absolute Gasteiger partial charge is 0.410 e. The Hall–Kier alpha value is -0.980. The van der Waals surface area contributed by atoms with Crippen LogP contribution >= 0.6 is 0 Å². The summed E-state index contributed by atoms with van der Waals surface area (Å²) >= 11 is 0. The van der Waals surface area contributed by atoms with Crippen molar-refractivity contribution in [1.29, 1.82) is 0 Å². The summed E-state index contributed by atoms with van der Waals surface area (Å²) in [6.07, 6.45) is -6.95. The van der Waals surface area contributed by atoms with Crippen molar-refractivity contribution in [3.63, 3.8) is 0 Å². The van der Waals surface area contributed by atoms with E-state index < -0.39 is 36.4 Å². The molecule has 1 heterocycles. The molecule has 4 nitrogen and oxygen atoms in total. The lowest BCUT2D eigenvalue weighted by Crippen LogP contribution is -2.55. The van der Waals surface area contributed by atoms with E-state index in [4.69, 9.17) is 4.74 Å². The number of nitrogens with zero attached hydrogens (tertiary/aromatic N) is 1. The monoisotopic (exact) mass is 269 g/mol. The van der Waals surface area contributed by atoms with Crippen molar-refractivity contribution >= 4 is 6.09 Å². The lowest BCUT2D eigenvalue weighted by atomic mass is 9.99. The standard InChI is InChI=1S/C11H18F3NO3/c1-10(2,3)18-9(17)15-5-4-7(16)6-8(15)11(12,13)14/h7-8,16H,4-6H2,1-3H3/t7-,8+/m1/s1. The van der Waals surface area contributed by atoms with Gasteiger partial charge in [-0.05, 0) is 27.2 Å². The molecule has 1 aliphatic rings. The molecule has 1 rings (SSSR count). The molecule has 0 aromatic carbocycles. The molecule has 0 bridgehead atoms. The van der Waals surface area contributed by atoms with Crippen LogP contribution in [0, 0.1) is 0 Å². The van der Waals surface area contributed by atoms with Gasteiger partial charge in [-0.15, -0.1) is 0 Å². The Bertz CT molecular complexity index is 312. The zero-order chi connectivity index (χ0) is 14.1. The Morgan fingerprint density at radius 3 is 2.33 bits per heavy atom. The second kappa shape index (κ2) is 4.95. The molecule has 1 saturated heterocycles. The number of carbonyl (C=O) groups excluding carboxylic acids is 1. The van der Waals surface area contributed by atoms with Crippen LogP contribution in [0.25, 0.3) is 0 Å². The first-order chi connectivity index (χ1) is 8.00. The lowest BCUT2D eigenvalue weighted by molar-refractivity contribution is -0.195. The number of amides is 1. The highest BCUT2D eigenvalue weighted by Gasteiger charge is 2.49. The van der Waals surface area contributed by atoms with Crippen molar-refractivity contribution in [3.05, 3.63) is 0 Å². The summed E-state index contributed by atoms with van der Waals surface area (Å²) in [5.74, 6) is 0.